The van der Waals surface area contributed by atoms with Crippen LogP contribution in [-0.2, 0) is 11.4 Å². The van der Waals surface area contributed by atoms with Crippen molar-refractivity contribution in [3.8, 4) is 5.75 Å². The number of para-hydroxylation sites is 1. The minimum Gasteiger partial charge on any atom is -0.482 e. The molecule has 0 aliphatic rings. The number of rotatable bonds is 9. The van der Waals surface area contributed by atoms with Gasteiger partial charge in [0, 0.05) is 19.0 Å². The zero-order chi connectivity index (χ0) is 17.4. The lowest BCUT2D eigenvalue weighted by molar-refractivity contribution is -0.137. The second kappa shape index (κ2) is 8.66. The number of unbranched alkanes of at least 4 members (excludes halogenated alkanes) is 1. The fourth-order valence-corrected chi connectivity index (χ4v) is 1.89. The van der Waals surface area contributed by atoms with Crippen LogP contribution in [0.2, 0.25) is 0 Å². The van der Waals surface area contributed by atoms with Gasteiger partial charge in [0.1, 0.15) is 6.61 Å². The third-order valence-electron chi connectivity index (χ3n) is 3.10. The van der Waals surface area contributed by atoms with Crippen LogP contribution < -0.4 is 10.1 Å². The number of hydrogen-bond acceptors (Lipinski definition) is 5. The Morgan fingerprint density at radius 2 is 2.08 bits per heavy atom. The van der Waals surface area contributed by atoms with Crippen LogP contribution in [0.5, 0.6) is 5.75 Å². The number of halogens is 1. The highest BCUT2D eigenvalue weighted by Crippen LogP contribution is 2.17. The number of carbonyl (C=O) groups excluding carboxylic acids is 1. The van der Waals surface area contributed by atoms with E-state index in [1.54, 1.807) is 12.1 Å². The van der Waals surface area contributed by atoms with E-state index in [0.29, 0.717) is 19.4 Å². The zero-order valence-corrected chi connectivity index (χ0v) is 12.8. The molecule has 0 spiro atoms. The summed E-state index contributed by atoms with van der Waals surface area (Å²) in [6.45, 7) is 0.292. The van der Waals surface area contributed by atoms with Crippen molar-refractivity contribution in [1.82, 2.24) is 10.5 Å². The number of nitrogens with zero attached hydrogens (tertiary/aromatic N) is 1. The summed E-state index contributed by atoms with van der Waals surface area (Å²) in [6.07, 6.45) is 1.10. The molecule has 8 heteroatoms. The smallest absolute Gasteiger partial charge is 0.303 e. The summed E-state index contributed by atoms with van der Waals surface area (Å²) in [4.78, 5) is 22.2. The number of aromatic nitrogens is 1. The molecule has 0 bridgehead atoms. The third-order valence-corrected chi connectivity index (χ3v) is 3.10. The monoisotopic (exact) mass is 336 g/mol. The van der Waals surface area contributed by atoms with E-state index in [4.69, 9.17) is 14.4 Å². The van der Waals surface area contributed by atoms with Crippen LogP contribution in [0, 0.1) is 5.82 Å². The van der Waals surface area contributed by atoms with Crippen LogP contribution in [-0.4, -0.2) is 28.7 Å². The zero-order valence-electron chi connectivity index (χ0n) is 12.8. The summed E-state index contributed by atoms with van der Waals surface area (Å²) in [5.74, 6) is -1.41. The first kappa shape index (κ1) is 17.5. The largest absolute Gasteiger partial charge is 0.482 e. The van der Waals surface area contributed by atoms with Crippen LogP contribution in [0.1, 0.15) is 35.5 Å². The maximum absolute atomic E-state index is 13.4. The van der Waals surface area contributed by atoms with E-state index in [0.717, 1.165) is 0 Å². The molecule has 0 fully saturated rings. The lowest BCUT2D eigenvalue weighted by atomic mass is 10.2. The Kier molecular flexibility index (Phi) is 6.30. The number of amides is 1. The van der Waals surface area contributed by atoms with Crippen molar-refractivity contribution in [2.45, 2.75) is 25.9 Å². The normalized spacial score (nSPS) is 10.4. The number of carboxylic acid groups (broad SMARTS) is 1. The van der Waals surface area contributed by atoms with Gasteiger partial charge in [0.05, 0.1) is 0 Å². The summed E-state index contributed by atoms with van der Waals surface area (Å²) in [5.41, 5.74) is 0.0837. The van der Waals surface area contributed by atoms with Crippen molar-refractivity contribution >= 4 is 11.9 Å². The molecule has 2 N–H and O–H groups in total. The molecule has 128 valence electrons. The quantitative estimate of drug-likeness (QED) is 0.682. The molecule has 7 nitrogen and oxygen atoms in total. The summed E-state index contributed by atoms with van der Waals surface area (Å²) >= 11 is 0. The number of nitrogens with one attached hydrogen (secondary N) is 1. The molecule has 0 saturated heterocycles. The molecule has 1 heterocycles. The standard InChI is InChI=1S/C16H17FN2O5/c17-12-5-1-2-6-14(12)23-10-11-9-13(19-24-11)16(22)18-8-4-3-7-15(20)21/h1-2,5-6,9H,3-4,7-8,10H2,(H,18,22)(H,20,21). The predicted octanol–water partition coefficient (Wildman–Crippen LogP) is 2.38. The number of hydrogen-bond donors (Lipinski definition) is 2. The molecule has 0 radical (unpaired) electrons. The molecule has 2 aromatic rings. The molecule has 1 aromatic carbocycles. The molecule has 0 aliphatic heterocycles. The second-order valence-electron chi connectivity index (χ2n) is 5.00. The van der Waals surface area contributed by atoms with E-state index in [-0.39, 0.29) is 30.2 Å². The molecule has 2 rings (SSSR count). The molecule has 24 heavy (non-hydrogen) atoms. The van der Waals surface area contributed by atoms with Crippen LogP contribution >= 0.6 is 0 Å². The average Bonchev–Trinajstić information content (AvgIpc) is 3.02. The topological polar surface area (TPSA) is 102 Å². The molecule has 0 unspecified atom stereocenters. The molecule has 0 aliphatic carbocycles. The second-order valence-corrected chi connectivity index (χ2v) is 5.00. The average molecular weight is 336 g/mol. The summed E-state index contributed by atoms with van der Waals surface area (Å²) in [6, 6.07) is 7.36. The highest BCUT2D eigenvalue weighted by Gasteiger charge is 2.13. The summed E-state index contributed by atoms with van der Waals surface area (Å²) < 4.78 is 23.6. The highest BCUT2D eigenvalue weighted by atomic mass is 19.1. The number of carboxylic acids is 1. The van der Waals surface area contributed by atoms with Crippen LogP contribution in [0.15, 0.2) is 34.9 Å². The van der Waals surface area contributed by atoms with Crippen LogP contribution in [0.4, 0.5) is 4.39 Å². The Morgan fingerprint density at radius 3 is 2.83 bits per heavy atom. The van der Waals surface area contributed by atoms with Crippen molar-refractivity contribution in [2.75, 3.05) is 6.54 Å². The van der Waals surface area contributed by atoms with E-state index in [9.17, 15) is 14.0 Å². The van der Waals surface area contributed by atoms with Gasteiger partial charge in [-0.1, -0.05) is 17.3 Å². The number of aliphatic carboxylic acids is 1. The first-order valence-corrected chi connectivity index (χ1v) is 7.39. The van der Waals surface area contributed by atoms with Gasteiger partial charge in [0.25, 0.3) is 5.91 Å². The molecular weight excluding hydrogens is 319 g/mol. The fraction of sp³-hybridized carbons (Fsp3) is 0.312. The van der Waals surface area contributed by atoms with Crippen molar-refractivity contribution < 1.29 is 28.3 Å². The lowest BCUT2D eigenvalue weighted by Gasteiger charge is -2.03. The SMILES string of the molecule is O=C(O)CCCCNC(=O)c1cc(COc2ccccc2F)on1. The number of benzene rings is 1. The Bertz CT molecular complexity index is 701. The Morgan fingerprint density at radius 1 is 1.29 bits per heavy atom. The van der Waals surface area contributed by atoms with Crippen LogP contribution in [0.25, 0.3) is 0 Å². The van der Waals surface area contributed by atoms with E-state index in [1.165, 1.54) is 18.2 Å². The lowest BCUT2D eigenvalue weighted by Crippen LogP contribution is -2.24. The maximum Gasteiger partial charge on any atom is 0.303 e. The van der Waals surface area contributed by atoms with E-state index in [1.807, 2.05) is 0 Å². The maximum atomic E-state index is 13.4. The first-order valence-electron chi connectivity index (χ1n) is 7.39. The van der Waals surface area contributed by atoms with Crippen molar-refractivity contribution in [1.29, 1.82) is 0 Å². The molecule has 1 amide bonds. The number of carbonyl (C=O) groups is 2. The minimum absolute atomic E-state index is 0.0557. The van der Waals surface area contributed by atoms with Crippen molar-refractivity contribution in [3.05, 3.63) is 47.6 Å². The molecule has 1 aromatic heterocycles. The van der Waals surface area contributed by atoms with Gasteiger partial charge < -0.3 is 19.7 Å². The van der Waals surface area contributed by atoms with E-state index >= 15 is 0 Å². The van der Waals surface area contributed by atoms with E-state index in [2.05, 4.69) is 10.5 Å². The number of ether oxygens (including phenoxy) is 1. The summed E-state index contributed by atoms with van der Waals surface area (Å²) in [7, 11) is 0. The summed E-state index contributed by atoms with van der Waals surface area (Å²) in [5, 5.41) is 14.7. The van der Waals surface area contributed by atoms with Gasteiger partial charge in [-0.2, -0.15) is 0 Å². The van der Waals surface area contributed by atoms with Crippen molar-refractivity contribution in [3.63, 3.8) is 0 Å². The third kappa shape index (κ3) is 5.38. The van der Waals surface area contributed by atoms with Gasteiger partial charge in [0.15, 0.2) is 23.0 Å². The van der Waals surface area contributed by atoms with Crippen molar-refractivity contribution in [2.24, 2.45) is 0 Å². The van der Waals surface area contributed by atoms with Gasteiger partial charge >= 0.3 is 5.97 Å². The van der Waals surface area contributed by atoms with Gasteiger partial charge in [-0.05, 0) is 25.0 Å². The predicted molar refractivity (Wildman–Crippen MR) is 81.1 cm³/mol. The van der Waals surface area contributed by atoms with Gasteiger partial charge in [0.2, 0.25) is 0 Å². The van der Waals surface area contributed by atoms with Crippen LogP contribution in [0.3, 0.4) is 0 Å². The van der Waals surface area contributed by atoms with Gasteiger partial charge in [-0.15, -0.1) is 0 Å². The Balaban J connectivity index is 1.76. The highest BCUT2D eigenvalue weighted by molar-refractivity contribution is 5.92. The van der Waals surface area contributed by atoms with E-state index < -0.39 is 17.7 Å². The molecule has 0 atom stereocenters. The van der Waals surface area contributed by atoms with Gasteiger partial charge in [-0.3, -0.25) is 9.59 Å². The molecular formula is C16H17FN2O5. The van der Waals surface area contributed by atoms with Gasteiger partial charge in [-0.25, -0.2) is 4.39 Å². The Labute approximate surface area is 137 Å². The first-order chi connectivity index (χ1) is 11.6. The minimum atomic E-state index is -0.864. The molecule has 0 saturated carbocycles. The fourth-order valence-electron chi connectivity index (χ4n) is 1.89. The Hall–Kier alpha value is -2.90.